The largest absolute Gasteiger partial charge is 0.511 e. The Kier molecular flexibility index (Phi) is 6.46. The van der Waals surface area contributed by atoms with E-state index in [0.29, 0.717) is 25.7 Å². The van der Waals surface area contributed by atoms with Crippen LogP contribution in [0.3, 0.4) is 0 Å². The number of rotatable bonds is 2. The number of allylic oxidation sites excluding steroid dienone is 2. The summed E-state index contributed by atoms with van der Waals surface area (Å²) in [4.78, 5) is 40.2. The van der Waals surface area contributed by atoms with Crippen molar-refractivity contribution >= 4 is 17.7 Å². The Morgan fingerprint density at radius 3 is 2.47 bits per heavy atom. The second kappa shape index (κ2) is 9.05. The Morgan fingerprint density at radius 1 is 1.11 bits per heavy atom. The van der Waals surface area contributed by atoms with Crippen molar-refractivity contribution in [2.45, 2.75) is 90.4 Å². The normalized spacial score (nSPS) is 48.7. The molecule has 8 heteroatoms. The molecule has 1 aliphatic heterocycles. The van der Waals surface area contributed by atoms with Crippen LogP contribution in [0.5, 0.6) is 0 Å². The summed E-state index contributed by atoms with van der Waals surface area (Å²) in [7, 11) is 0. The topological polar surface area (TPSA) is 144 Å². The number of carboxylic acids is 1. The van der Waals surface area contributed by atoms with Gasteiger partial charge in [-0.3, -0.25) is 9.59 Å². The van der Waals surface area contributed by atoms with Crippen molar-refractivity contribution < 1.29 is 34.8 Å². The van der Waals surface area contributed by atoms with E-state index in [-0.39, 0.29) is 47.0 Å². The van der Waals surface area contributed by atoms with Crippen LogP contribution in [-0.4, -0.2) is 55.8 Å². The molecule has 0 aromatic heterocycles. The fourth-order valence-electron chi connectivity index (χ4n) is 8.70. The predicted molar refractivity (Wildman–Crippen MR) is 140 cm³/mol. The van der Waals surface area contributed by atoms with E-state index >= 15 is 0 Å². The number of amides is 1. The molecule has 4 aliphatic carbocycles. The fraction of sp³-hybridized carbons (Fsp3) is 0.700. The Labute approximate surface area is 223 Å². The predicted octanol–water partition coefficient (Wildman–Crippen LogP) is 3.44. The summed E-state index contributed by atoms with van der Waals surface area (Å²) in [6, 6.07) is 0. The number of aliphatic hydroxyl groups is 3. The fourth-order valence-corrected chi connectivity index (χ4v) is 8.70. The standard InChI is InChI=1S/C30H41NO7/c1-5-16-13-28(3)14-19(27(37)38)15(2)12-30(28)25(35)23(26(36)31-30)24(34)29(4)17(11-22(16)33)9-10-18-20(29)7-6-8-21(18)32/h9-10,14-18,20-22,32-34H,5-8,11-13H2,1-4H3,(H,31,36)(H,37,38)/b24-23+/t15-,16-,17+,18+,20-,21+,22-,28-,29-,30-/m1/s1. The van der Waals surface area contributed by atoms with E-state index in [1.54, 1.807) is 19.9 Å². The maximum Gasteiger partial charge on any atom is 0.331 e. The van der Waals surface area contributed by atoms with Gasteiger partial charge in [0.25, 0.3) is 5.91 Å². The third-order valence-electron chi connectivity index (χ3n) is 11.0. The van der Waals surface area contributed by atoms with E-state index in [1.165, 1.54) is 0 Å². The number of hydrogen-bond acceptors (Lipinski definition) is 6. The van der Waals surface area contributed by atoms with E-state index in [1.807, 2.05) is 26.0 Å². The number of aliphatic carboxylic acids is 1. The number of carboxylic acid groups (broad SMARTS) is 1. The summed E-state index contributed by atoms with van der Waals surface area (Å²) < 4.78 is 0. The lowest BCUT2D eigenvalue weighted by Gasteiger charge is -2.52. The molecule has 5 rings (SSSR count). The average Bonchev–Trinajstić information content (AvgIpc) is 3.10. The van der Waals surface area contributed by atoms with Crippen LogP contribution in [0.2, 0.25) is 0 Å². The molecule has 2 bridgehead atoms. The van der Waals surface area contributed by atoms with Crippen LogP contribution < -0.4 is 5.32 Å². The molecule has 2 fully saturated rings. The van der Waals surface area contributed by atoms with Crippen molar-refractivity contribution in [3.8, 4) is 0 Å². The molecular formula is C30H41NO7. The third-order valence-corrected chi connectivity index (χ3v) is 11.0. The lowest BCUT2D eigenvalue weighted by molar-refractivity contribution is -0.135. The zero-order valence-electron chi connectivity index (χ0n) is 22.7. The summed E-state index contributed by atoms with van der Waals surface area (Å²) in [5.74, 6) is -3.98. The Morgan fingerprint density at radius 2 is 1.82 bits per heavy atom. The number of nitrogens with one attached hydrogen (secondary N) is 1. The molecule has 208 valence electrons. The molecule has 1 saturated heterocycles. The number of Topliss-reactive ketones (excluding diaryl/α,β-unsaturated/α-hetero) is 1. The quantitative estimate of drug-likeness (QED) is 0.273. The van der Waals surface area contributed by atoms with Gasteiger partial charge >= 0.3 is 5.97 Å². The van der Waals surface area contributed by atoms with Gasteiger partial charge in [-0.2, -0.15) is 0 Å². The molecule has 0 aromatic carbocycles. The van der Waals surface area contributed by atoms with Crippen molar-refractivity contribution in [2.75, 3.05) is 0 Å². The van der Waals surface area contributed by atoms with Gasteiger partial charge < -0.3 is 25.7 Å². The highest BCUT2D eigenvalue weighted by atomic mass is 16.4. The molecule has 0 radical (unpaired) electrons. The van der Waals surface area contributed by atoms with Crippen LogP contribution in [-0.2, 0) is 14.4 Å². The number of aliphatic hydroxyl groups excluding tert-OH is 3. The van der Waals surface area contributed by atoms with Gasteiger partial charge in [-0.25, -0.2) is 4.79 Å². The molecule has 1 heterocycles. The maximum absolute atomic E-state index is 14.5. The van der Waals surface area contributed by atoms with Crippen LogP contribution in [0.15, 0.2) is 35.1 Å². The lowest BCUT2D eigenvalue weighted by Crippen LogP contribution is -2.61. The first kappa shape index (κ1) is 27.1. The van der Waals surface area contributed by atoms with Crippen LogP contribution >= 0.6 is 0 Å². The highest BCUT2D eigenvalue weighted by Crippen LogP contribution is 2.59. The molecule has 8 nitrogen and oxygen atoms in total. The van der Waals surface area contributed by atoms with Gasteiger partial charge in [0, 0.05) is 22.3 Å². The maximum atomic E-state index is 14.5. The van der Waals surface area contributed by atoms with Crippen LogP contribution in [0.1, 0.15) is 72.6 Å². The van der Waals surface area contributed by atoms with Crippen molar-refractivity contribution in [3.05, 3.63) is 35.1 Å². The van der Waals surface area contributed by atoms with Crippen LogP contribution in [0.4, 0.5) is 0 Å². The smallest absolute Gasteiger partial charge is 0.331 e. The molecule has 38 heavy (non-hydrogen) atoms. The minimum atomic E-state index is -1.43. The molecule has 0 unspecified atom stereocenters. The number of hydrogen-bond donors (Lipinski definition) is 5. The molecule has 0 aromatic rings. The average molecular weight is 528 g/mol. The van der Waals surface area contributed by atoms with Gasteiger partial charge in [0.1, 0.15) is 16.9 Å². The Balaban J connectivity index is 1.77. The van der Waals surface area contributed by atoms with E-state index in [4.69, 9.17) is 0 Å². The van der Waals surface area contributed by atoms with Gasteiger partial charge in [0.2, 0.25) is 0 Å². The number of fused-ring (bicyclic) bond motifs is 4. The van der Waals surface area contributed by atoms with E-state index in [2.05, 4.69) is 5.32 Å². The van der Waals surface area contributed by atoms with Gasteiger partial charge in [0.05, 0.1) is 12.2 Å². The first-order valence-corrected chi connectivity index (χ1v) is 14.1. The second-order valence-electron chi connectivity index (χ2n) is 13.0. The molecule has 1 amide bonds. The molecule has 5 aliphatic rings. The van der Waals surface area contributed by atoms with Gasteiger partial charge in [0.15, 0.2) is 5.78 Å². The van der Waals surface area contributed by atoms with Crippen molar-refractivity contribution in [1.82, 2.24) is 5.32 Å². The summed E-state index contributed by atoms with van der Waals surface area (Å²) in [5, 5.41) is 47.3. The Bertz CT molecular complexity index is 1160. The SMILES string of the molecule is CC[C@@H]1C[C@]2(C)C=C(C(=O)O)[C@H](C)C[C@]23NC(=O)/C(=C(/O)[C@@]2(C)[C@@H]4CCC[C@H](O)[C@H]4C=C[C@H]2C[C@H]1O)C3=O. The van der Waals surface area contributed by atoms with Gasteiger partial charge in [-0.1, -0.05) is 58.8 Å². The first-order valence-electron chi connectivity index (χ1n) is 14.1. The van der Waals surface area contributed by atoms with E-state index < -0.39 is 52.2 Å². The molecular weight excluding hydrogens is 486 g/mol. The zero-order valence-corrected chi connectivity index (χ0v) is 22.7. The summed E-state index contributed by atoms with van der Waals surface area (Å²) in [6.45, 7) is 7.39. The van der Waals surface area contributed by atoms with E-state index in [0.717, 1.165) is 12.8 Å². The summed E-state index contributed by atoms with van der Waals surface area (Å²) in [6.07, 6.45) is 7.71. The highest BCUT2D eigenvalue weighted by molar-refractivity contribution is 6.29. The van der Waals surface area contributed by atoms with E-state index in [9.17, 15) is 34.8 Å². The molecule has 1 saturated carbocycles. The summed E-state index contributed by atoms with van der Waals surface area (Å²) >= 11 is 0. The first-order chi connectivity index (χ1) is 17.8. The van der Waals surface area contributed by atoms with Gasteiger partial charge in [-0.05, 0) is 55.8 Å². The second-order valence-corrected chi connectivity index (χ2v) is 13.0. The number of carbonyl (C=O) groups is 3. The minimum Gasteiger partial charge on any atom is -0.511 e. The minimum absolute atomic E-state index is 0.0975. The van der Waals surface area contributed by atoms with Crippen molar-refractivity contribution in [2.24, 2.45) is 40.4 Å². The molecule has 10 atom stereocenters. The monoisotopic (exact) mass is 527 g/mol. The zero-order chi connectivity index (χ0) is 27.8. The van der Waals surface area contributed by atoms with Crippen molar-refractivity contribution in [1.29, 1.82) is 0 Å². The Hall–Kier alpha value is -2.45. The van der Waals surface area contributed by atoms with Crippen LogP contribution in [0.25, 0.3) is 0 Å². The molecule has 5 N–H and O–H groups in total. The number of ketones is 1. The highest BCUT2D eigenvalue weighted by Gasteiger charge is 2.65. The van der Waals surface area contributed by atoms with Gasteiger partial charge in [-0.15, -0.1) is 0 Å². The third kappa shape index (κ3) is 3.59. The summed E-state index contributed by atoms with van der Waals surface area (Å²) in [5.41, 5.74) is -3.59. The molecule has 1 spiro atoms. The van der Waals surface area contributed by atoms with Crippen molar-refractivity contribution in [3.63, 3.8) is 0 Å². The number of carbonyl (C=O) groups excluding carboxylic acids is 2. The lowest BCUT2D eigenvalue weighted by atomic mass is 9.53. The van der Waals surface area contributed by atoms with Crippen LogP contribution in [0, 0.1) is 40.4 Å².